The van der Waals surface area contributed by atoms with Crippen LogP contribution in [0.2, 0.25) is 5.02 Å². The average molecular weight is 401 g/mol. The van der Waals surface area contributed by atoms with Crippen LogP contribution in [0.3, 0.4) is 0 Å². The van der Waals surface area contributed by atoms with E-state index in [-0.39, 0.29) is 11.8 Å². The molecule has 0 aliphatic carbocycles. The van der Waals surface area contributed by atoms with E-state index in [1.165, 1.54) is 0 Å². The van der Waals surface area contributed by atoms with Crippen LogP contribution >= 0.6 is 11.6 Å². The van der Waals surface area contributed by atoms with Crippen molar-refractivity contribution in [3.8, 4) is 0 Å². The molecule has 0 spiro atoms. The third-order valence-corrected chi connectivity index (χ3v) is 5.12. The minimum absolute atomic E-state index is 0.0559. The average Bonchev–Trinajstić information content (AvgIpc) is 2.70. The number of hydrogen-bond acceptors (Lipinski definition) is 2. The Balaban J connectivity index is 2.13. The fraction of sp³-hybridized carbons (Fsp3) is 0.391. The summed E-state index contributed by atoms with van der Waals surface area (Å²) in [5, 5.41) is 3.55. The quantitative estimate of drug-likeness (QED) is 0.672. The molecule has 0 fully saturated rings. The van der Waals surface area contributed by atoms with Gasteiger partial charge in [0.1, 0.15) is 6.04 Å². The van der Waals surface area contributed by atoms with Crippen LogP contribution in [0.25, 0.3) is 0 Å². The SMILES string of the molecule is CCCNC(=O)[C@@H](C)N(Cc1ccc(C)cc1)C(=O)CCc1ccccc1Cl. The van der Waals surface area contributed by atoms with Gasteiger partial charge in [0.15, 0.2) is 0 Å². The third-order valence-electron chi connectivity index (χ3n) is 4.76. The highest BCUT2D eigenvalue weighted by atomic mass is 35.5. The van der Waals surface area contributed by atoms with E-state index in [0.29, 0.717) is 31.0 Å². The summed E-state index contributed by atoms with van der Waals surface area (Å²) in [7, 11) is 0. The number of amides is 2. The van der Waals surface area contributed by atoms with Gasteiger partial charge in [-0.25, -0.2) is 0 Å². The summed E-state index contributed by atoms with van der Waals surface area (Å²) >= 11 is 6.21. The van der Waals surface area contributed by atoms with Crippen molar-refractivity contribution in [2.24, 2.45) is 0 Å². The zero-order valence-electron chi connectivity index (χ0n) is 16.9. The van der Waals surface area contributed by atoms with Crippen LogP contribution in [0.4, 0.5) is 0 Å². The summed E-state index contributed by atoms with van der Waals surface area (Å²) in [4.78, 5) is 27.2. The Labute approximate surface area is 172 Å². The molecule has 0 aliphatic heterocycles. The van der Waals surface area contributed by atoms with E-state index in [0.717, 1.165) is 23.1 Å². The zero-order valence-corrected chi connectivity index (χ0v) is 17.6. The van der Waals surface area contributed by atoms with Crippen molar-refractivity contribution in [1.29, 1.82) is 0 Å². The second-order valence-electron chi connectivity index (χ2n) is 7.07. The van der Waals surface area contributed by atoms with Crippen LogP contribution < -0.4 is 5.32 Å². The number of nitrogens with one attached hydrogen (secondary N) is 1. The van der Waals surface area contributed by atoms with Gasteiger partial charge in [0.2, 0.25) is 11.8 Å². The number of carbonyl (C=O) groups excluding carboxylic acids is 2. The molecule has 2 aromatic carbocycles. The van der Waals surface area contributed by atoms with Gasteiger partial charge >= 0.3 is 0 Å². The Morgan fingerprint density at radius 1 is 1.11 bits per heavy atom. The van der Waals surface area contributed by atoms with Crippen molar-refractivity contribution in [3.63, 3.8) is 0 Å². The van der Waals surface area contributed by atoms with Crippen molar-refractivity contribution >= 4 is 23.4 Å². The van der Waals surface area contributed by atoms with Crippen molar-refractivity contribution in [1.82, 2.24) is 10.2 Å². The highest BCUT2D eigenvalue weighted by Gasteiger charge is 2.25. The second-order valence-corrected chi connectivity index (χ2v) is 7.47. The van der Waals surface area contributed by atoms with E-state index in [1.807, 2.05) is 62.4 Å². The molecule has 150 valence electrons. The molecule has 1 atom stereocenters. The molecule has 0 bridgehead atoms. The van der Waals surface area contributed by atoms with E-state index in [4.69, 9.17) is 11.6 Å². The molecule has 0 aliphatic rings. The van der Waals surface area contributed by atoms with E-state index in [2.05, 4.69) is 5.32 Å². The van der Waals surface area contributed by atoms with Crippen LogP contribution in [-0.4, -0.2) is 29.3 Å². The van der Waals surface area contributed by atoms with Crippen molar-refractivity contribution in [3.05, 3.63) is 70.2 Å². The summed E-state index contributed by atoms with van der Waals surface area (Å²) in [6.07, 6.45) is 1.71. The van der Waals surface area contributed by atoms with Gasteiger partial charge in [-0.2, -0.15) is 0 Å². The molecule has 2 amide bonds. The molecule has 28 heavy (non-hydrogen) atoms. The number of rotatable bonds is 9. The monoisotopic (exact) mass is 400 g/mol. The Bertz CT molecular complexity index is 789. The van der Waals surface area contributed by atoms with Crippen LogP contribution in [0, 0.1) is 6.92 Å². The lowest BCUT2D eigenvalue weighted by molar-refractivity contribution is -0.140. The molecule has 0 aromatic heterocycles. The highest BCUT2D eigenvalue weighted by molar-refractivity contribution is 6.31. The van der Waals surface area contributed by atoms with Gasteiger partial charge in [0.25, 0.3) is 0 Å². The maximum absolute atomic E-state index is 13.0. The second kappa shape index (κ2) is 10.9. The molecule has 0 unspecified atom stereocenters. The molecule has 0 saturated heterocycles. The lowest BCUT2D eigenvalue weighted by Crippen LogP contribution is -2.47. The normalized spacial score (nSPS) is 11.7. The van der Waals surface area contributed by atoms with Gasteiger partial charge in [0.05, 0.1) is 0 Å². The fourth-order valence-electron chi connectivity index (χ4n) is 2.96. The topological polar surface area (TPSA) is 49.4 Å². The predicted molar refractivity (Wildman–Crippen MR) is 114 cm³/mol. The Hall–Kier alpha value is -2.33. The van der Waals surface area contributed by atoms with Crippen LogP contribution in [0.5, 0.6) is 0 Å². The summed E-state index contributed by atoms with van der Waals surface area (Å²) in [6, 6.07) is 15.0. The fourth-order valence-corrected chi connectivity index (χ4v) is 3.19. The first-order valence-electron chi connectivity index (χ1n) is 9.78. The van der Waals surface area contributed by atoms with Crippen LogP contribution in [0.15, 0.2) is 48.5 Å². The first-order chi connectivity index (χ1) is 13.4. The van der Waals surface area contributed by atoms with Crippen LogP contribution in [-0.2, 0) is 22.6 Å². The van der Waals surface area contributed by atoms with Gasteiger partial charge in [-0.15, -0.1) is 0 Å². The molecule has 1 N–H and O–H groups in total. The summed E-state index contributed by atoms with van der Waals surface area (Å²) in [5.41, 5.74) is 3.11. The van der Waals surface area contributed by atoms with Crippen molar-refractivity contribution < 1.29 is 9.59 Å². The first-order valence-corrected chi connectivity index (χ1v) is 10.2. The lowest BCUT2D eigenvalue weighted by Gasteiger charge is -2.29. The number of aryl methyl sites for hydroxylation is 2. The van der Waals surface area contributed by atoms with E-state index in [9.17, 15) is 9.59 Å². The van der Waals surface area contributed by atoms with E-state index < -0.39 is 6.04 Å². The summed E-state index contributed by atoms with van der Waals surface area (Å²) < 4.78 is 0. The predicted octanol–water partition coefficient (Wildman–Crippen LogP) is 4.52. The third kappa shape index (κ3) is 6.38. The molecule has 0 saturated carbocycles. The first kappa shape index (κ1) is 22.0. The Morgan fingerprint density at radius 3 is 2.43 bits per heavy atom. The van der Waals surface area contributed by atoms with Gasteiger partial charge in [0, 0.05) is 24.5 Å². The number of benzene rings is 2. The molecule has 2 aromatic rings. The number of carbonyl (C=O) groups is 2. The number of nitrogens with zero attached hydrogens (tertiary/aromatic N) is 1. The van der Waals surface area contributed by atoms with E-state index >= 15 is 0 Å². The van der Waals surface area contributed by atoms with Gasteiger partial charge < -0.3 is 10.2 Å². The number of halogens is 1. The summed E-state index contributed by atoms with van der Waals surface area (Å²) in [6.45, 7) is 6.82. The smallest absolute Gasteiger partial charge is 0.242 e. The van der Waals surface area contributed by atoms with Gasteiger partial charge in [-0.05, 0) is 43.9 Å². The zero-order chi connectivity index (χ0) is 20.5. The largest absolute Gasteiger partial charge is 0.354 e. The summed E-state index contributed by atoms with van der Waals surface area (Å²) in [5.74, 6) is -0.181. The molecular weight excluding hydrogens is 372 g/mol. The molecule has 0 radical (unpaired) electrons. The number of hydrogen-bond donors (Lipinski definition) is 1. The minimum Gasteiger partial charge on any atom is -0.354 e. The molecule has 2 rings (SSSR count). The molecule has 0 heterocycles. The Kier molecular flexibility index (Phi) is 8.52. The lowest BCUT2D eigenvalue weighted by atomic mass is 10.1. The van der Waals surface area contributed by atoms with Crippen molar-refractivity contribution in [2.75, 3.05) is 6.54 Å². The highest BCUT2D eigenvalue weighted by Crippen LogP contribution is 2.18. The Morgan fingerprint density at radius 2 is 1.79 bits per heavy atom. The van der Waals surface area contributed by atoms with Gasteiger partial charge in [-0.1, -0.05) is 66.6 Å². The minimum atomic E-state index is -0.536. The standard InChI is InChI=1S/C23H29ClN2O2/c1-4-15-25-23(28)18(3)26(16-19-11-9-17(2)10-12-19)22(27)14-13-20-7-5-6-8-21(20)24/h5-12,18H,4,13-16H2,1-3H3,(H,25,28)/t18-/m1/s1. The molecular formula is C23H29ClN2O2. The van der Waals surface area contributed by atoms with E-state index in [1.54, 1.807) is 11.8 Å². The van der Waals surface area contributed by atoms with Crippen molar-refractivity contribution in [2.45, 2.75) is 52.6 Å². The maximum atomic E-state index is 13.0. The maximum Gasteiger partial charge on any atom is 0.242 e. The van der Waals surface area contributed by atoms with Crippen LogP contribution in [0.1, 0.15) is 43.4 Å². The molecule has 4 nitrogen and oxygen atoms in total. The molecule has 5 heteroatoms. The van der Waals surface area contributed by atoms with Gasteiger partial charge in [-0.3, -0.25) is 9.59 Å².